The van der Waals surface area contributed by atoms with E-state index in [1.165, 1.54) is 12.1 Å². The van der Waals surface area contributed by atoms with Crippen molar-refractivity contribution < 1.29 is 27.9 Å². The van der Waals surface area contributed by atoms with Crippen LogP contribution in [0.1, 0.15) is 10.4 Å². The Morgan fingerprint density at radius 2 is 2.00 bits per heavy atom. The molecule has 0 bridgehead atoms. The van der Waals surface area contributed by atoms with Crippen LogP contribution in [0.25, 0.3) is 0 Å². The minimum Gasteiger partial charge on any atom is -0.478 e. The number of carbonyl (C=O) groups is 2. The number of carboxylic acids is 1. The van der Waals surface area contributed by atoms with Crippen LogP contribution in [0.2, 0.25) is 5.02 Å². The van der Waals surface area contributed by atoms with Gasteiger partial charge in [-0.25, -0.2) is 9.59 Å². The SMILES string of the molecule is O=C(NCCSC(F)(F)F)Nc1cc(C(=O)O)ccc1Cl. The smallest absolute Gasteiger partial charge is 0.441 e. The van der Waals surface area contributed by atoms with Gasteiger partial charge in [0.2, 0.25) is 0 Å². The summed E-state index contributed by atoms with van der Waals surface area (Å²) < 4.78 is 35.6. The van der Waals surface area contributed by atoms with Crippen LogP contribution < -0.4 is 10.6 Å². The molecule has 0 saturated carbocycles. The van der Waals surface area contributed by atoms with Gasteiger partial charge >= 0.3 is 17.5 Å². The summed E-state index contributed by atoms with van der Waals surface area (Å²) >= 11 is 5.52. The van der Waals surface area contributed by atoms with E-state index in [1.807, 2.05) is 0 Å². The van der Waals surface area contributed by atoms with E-state index in [0.717, 1.165) is 6.07 Å². The number of carboxylic acid groups (broad SMARTS) is 1. The lowest BCUT2D eigenvalue weighted by Gasteiger charge is -2.10. The Morgan fingerprint density at radius 1 is 1.33 bits per heavy atom. The molecule has 0 atom stereocenters. The third kappa shape index (κ3) is 6.58. The highest BCUT2D eigenvalue weighted by atomic mass is 35.5. The van der Waals surface area contributed by atoms with Gasteiger partial charge in [0.25, 0.3) is 0 Å². The van der Waals surface area contributed by atoms with E-state index in [-0.39, 0.29) is 40.3 Å². The number of carbonyl (C=O) groups excluding carboxylic acids is 1. The lowest BCUT2D eigenvalue weighted by molar-refractivity contribution is -0.0327. The van der Waals surface area contributed by atoms with Crippen molar-refractivity contribution in [2.45, 2.75) is 5.51 Å². The minimum atomic E-state index is -4.35. The van der Waals surface area contributed by atoms with Crippen molar-refractivity contribution in [2.75, 3.05) is 17.6 Å². The molecule has 3 N–H and O–H groups in total. The van der Waals surface area contributed by atoms with Gasteiger partial charge in [-0.2, -0.15) is 13.2 Å². The lowest BCUT2D eigenvalue weighted by Crippen LogP contribution is -2.31. The van der Waals surface area contributed by atoms with E-state index in [2.05, 4.69) is 10.6 Å². The second-order valence-corrected chi connectivity index (χ2v) is 5.24. The number of hydrogen-bond acceptors (Lipinski definition) is 3. The Hall–Kier alpha value is -1.61. The van der Waals surface area contributed by atoms with Crippen LogP contribution in [-0.2, 0) is 0 Å². The average molecular weight is 343 g/mol. The molecular formula is C11H10ClF3N2O3S. The molecule has 0 heterocycles. The van der Waals surface area contributed by atoms with Gasteiger partial charge in [0.15, 0.2) is 0 Å². The fourth-order valence-electron chi connectivity index (χ4n) is 1.25. The van der Waals surface area contributed by atoms with E-state index >= 15 is 0 Å². The van der Waals surface area contributed by atoms with Crippen LogP contribution in [0.15, 0.2) is 18.2 Å². The van der Waals surface area contributed by atoms with Crippen LogP contribution in [0, 0.1) is 0 Å². The fraction of sp³-hybridized carbons (Fsp3) is 0.273. The third-order valence-corrected chi connectivity index (χ3v) is 3.18. The fourth-order valence-corrected chi connectivity index (χ4v) is 1.85. The van der Waals surface area contributed by atoms with Crippen LogP contribution in [0.5, 0.6) is 0 Å². The first-order chi connectivity index (χ1) is 9.69. The molecule has 1 aromatic rings. The summed E-state index contributed by atoms with van der Waals surface area (Å²) in [7, 11) is 0. The lowest BCUT2D eigenvalue weighted by atomic mass is 10.2. The Morgan fingerprint density at radius 3 is 2.57 bits per heavy atom. The number of halogens is 4. The maximum atomic E-state index is 11.9. The molecular weight excluding hydrogens is 333 g/mol. The number of aromatic carboxylic acids is 1. The zero-order valence-corrected chi connectivity index (χ0v) is 11.9. The monoisotopic (exact) mass is 342 g/mol. The number of anilines is 1. The van der Waals surface area contributed by atoms with Crippen LogP contribution in [0.3, 0.4) is 0 Å². The molecule has 116 valence electrons. The number of urea groups is 1. The Labute approximate surface area is 126 Å². The molecule has 0 aliphatic carbocycles. The molecule has 1 rings (SSSR count). The molecule has 2 amide bonds. The van der Waals surface area contributed by atoms with E-state index in [4.69, 9.17) is 16.7 Å². The molecule has 1 aromatic carbocycles. The van der Waals surface area contributed by atoms with Gasteiger partial charge in [0, 0.05) is 12.3 Å². The zero-order chi connectivity index (χ0) is 16.0. The first-order valence-corrected chi connectivity index (χ1v) is 6.84. The largest absolute Gasteiger partial charge is 0.478 e. The summed E-state index contributed by atoms with van der Waals surface area (Å²) in [6.07, 6.45) is 0. The summed E-state index contributed by atoms with van der Waals surface area (Å²) in [6.45, 7) is -0.202. The van der Waals surface area contributed by atoms with E-state index in [1.54, 1.807) is 0 Å². The van der Waals surface area contributed by atoms with E-state index in [0.29, 0.717) is 0 Å². The summed E-state index contributed by atoms with van der Waals surface area (Å²) in [5.74, 6) is -1.53. The second-order valence-electron chi connectivity index (χ2n) is 3.67. The predicted molar refractivity (Wildman–Crippen MR) is 73.9 cm³/mol. The van der Waals surface area contributed by atoms with Gasteiger partial charge in [-0.05, 0) is 30.0 Å². The summed E-state index contributed by atoms with van der Waals surface area (Å²) in [4.78, 5) is 22.2. The molecule has 0 saturated heterocycles. The van der Waals surface area contributed by atoms with E-state index in [9.17, 15) is 22.8 Å². The zero-order valence-electron chi connectivity index (χ0n) is 10.3. The molecule has 0 aliphatic heterocycles. The number of benzene rings is 1. The van der Waals surface area contributed by atoms with Crippen molar-refractivity contribution >= 4 is 41.1 Å². The van der Waals surface area contributed by atoms with Crippen molar-refractivity contribution in [3.8, 4) is 0 Å². The summed E-state index contributed by atoms with van der Waals surface area (Å²) in [5, 5.41) is 13.4. The van der Waals surface area contributed by atoms with Crippen molar-refractivity contribution in [3.63, 3.8) is 0 Å². The normalized spacial score (nSPS) is 11.0. The number of thioether (sulfide) groups is 1. The van der Waals surface area contributed by atoms with Crippen LogP contribution >= 0.6 is 23.4 Å². The Balaban J connectivity index is 2.51. The van der Waals surface area contributed by atoms with Crippen molar-refractivity contribution in [3.05, 3.63) is 28.8 Å². The number of amides is 2. The maximum absolute atomic E-state index is 11.9. The van der Waals surface area contributed by atoms with Crippen LogP contribution in [0.4, 0.5) is 23.7 Å². The average Bonchev–Trinajstić information content (AvgIpc) is 2.36. The molecule has 21 heavy (non-hydrogen) atoms. The Kier molecular flexibility index (Phi) is 6.16. The molecule has 0 aromatic heterocycles. The molecule has 0 unspecified atom stereocenters. The number of alkyl halides is 3. The maximum Gasteiger partial charge on any atom is 0.441 e. The standard InChI is InChI=1S/C11H10ClF3N2O3S/c12-7-2-1-6(9(18)19)5-8(7)17-10(20)16-3-4-21-11(13,14)15/h1-2,5H,3-4H2,(H,18,19)(H2,16,17,20). The van der Waals surface area contributed by atoms with Gasteiger partial charge in [-0.1, -0.05) is 11.6 Å². The molecule has 0 radical (unpaired) electrons. The number of hydrogen-bond donors (Lipinski definition) is 3. The van der Waals surface area contributed by atoms with Crippen molar-refractivity contribution in [1.29, 1.82) is 0 Å². The second kappa shape index (κ2) is 7.41. The summed E-state index contributed by atoms with van der Waals surface area (Å²) in [5.41, 5.74) is -4.38. The van der Waals surface area contributed by atoms with Gasteiger partial charge in [-0.3, -0.25) is 0 Å². The summed E-state index contributed by atoms with van der Waals surface area (Å²) in [6, 6.07) is 2.92. The molecule has 0 aliphatic rings. The molecule has 5 nitrogen and oxygen atoms in total. The third-order valence-electron chi connectivity index (χ3n) is 2.11. The van der Waals surface area contributed by atoms with Gasteiger partial charge in [0.05, 0.1) is 16.3 Å². The van der Waals surface area contributed by atoms with Gasteiger partial charge < -0.3 is 15.7 Å². The molecule has 10 heteroatoms. The predicted octanol–water partition coefficient (Wildman–Crippen LogP) is 3.41. The minimum absolute atomic E-state index is 0.0533. The highest BCUT2D eigenvalue weighted by Gasteiger charge is 2.27. The highest BCUT2D eigenvalue weighted by molar-refractivity contribution is 8.00. The first kappa shape index (κ1) is 17.4. The van der Waals surface area contributed by atoms with Crippen molar-refractivity contribution in [2.24, 2.45) is 0 Å². The molecule has 0 fully saturated rings. The number of rotatable bonds is 5. The number of nitrogens with one attached hydrogen (secondary N) is 2. The van der Waals surface area contributed by atoms with Crippen molar-refractivity contribution in [1.82, 2.24) is 5.32 Å². The molecule has 0 spiro atoms. The topological polar surface area (TPSA) is 78.4 Å². The van der Waals surface area contributed by atoms with Crippen LogP contribution in [-0.4, -0.2) is 34.9 Å². The van der Waals surface area contributed by atoms with Gasteiger partial charge in [-0.15, -0.1) is 0 Å². The van der Waals surface area contributed by atoms with E-state index < -0.39 is 17.5 Å². The van der Waals surface area contributed by atoms with Gasteiger partial charge in [0.1, 0.15) is 0 Å². The highest BCUT2D eigenvalue weighted by Crippen LogP contribution is 2.29. The quantitative estimate of drug-likeness (QED) is 0.716. The first-order valence-electron chi connectivity index (χ1n) is 5.47. The Bertz CT molecular complexity index is 540.